The van der Waals surface area contributed by atoms with Gasteiger partial charge in [-0.1, -0.05) is 49.7 Å². The first kappa shape index (κ1) is 11.6. The number of amides is 1. The van der Waals surface area contributed by atoms with Crippen molar-refractivity contribution < 1.29 is 4.79 Å². The van der Waals surface area contributed by atoms with Crippen molar-refractivity contribution >= 4 is 22.4 Å². The summed E-state index contributed by atoms with van der Waals surface area (Å²) < 4.78 is 0. The lowest BCUT2D eigenvalue weighted by Gasteiger charge is -2.08. The van der Waals surface area contributed by atoms with Gasteiger partial charge < -0.3 is 5.32 Å². The molecule has 0 spiro atoms. The molecule has 0 aliphatic carbocycles. The van der Waals surface area contributed by atoms with E-state index in [1.807, 2.05) is 30.3 Å². The van der Waals surface area contributed by atoms with Gasteiger partial charge in [-0.2, -0.15) is 0 Å². The standard InChI is InChI=1S/C15H17NO/c1-2-3-11-15(17)16-14-10-6-8-12-7-4-5-9-13(12)14/h4-10H,2-3,11H2,1H3,(H,16,17). The van der Waals surface area contributed by atoms with Crippen LogP contribution in [0.1, 0.15) is 26.2 Å². The Balaban J connectivity index is 2.21. The van der Waals surface area contributed by atoms with E-state index < -0.39 is 0 Å². The number of fused-ring (bicyclic) bond motifs is 1. The zero-order valence-corrected chi connectivity index (χ0v) is 10.1. The summed E-state index contributed by atoms with van der Waals surface area (Å²) >= 11 is 0. The van der Waals surface area contributed by atoms with Crippen LogP contribution in [0.2, 0.25) is 0 Å². The Kier molecular flexibility index (Phi) is 3.76. The van der Waals surface area contributed by atoms with Crippen molar-refractivity contribution in [3.8, 4) is 0 Å². The maximum absolute atomic E-state index is 11.7. The average molecular weight is 227 g/mol. The molecule has 2 rings (SSSR count). The van der Waals surface area contributed by atoms with Gasteiger partial charge >= 0.3 is 0 Å². The van der Waals surface area contributed by atoms with Gasteiger partial charge in [0, 0.05) is 17.5 Å². The fourth-order valence-electron chi connectivity index (χ4n) is 1.88. The molecule has 0 atom stereocenters. The van der Waals surface area contributed by atoms with Crippen LogP contribution in [0.25, 0.3) is 10.8 Å². The van der Waals surface area contributed by atoms with Crippen molar-refractivity contribution in [1.82, 2.24) is 0 Å². The molecule has 0 saturated carbocycles. The van der Waals surface area contributed by atoms with Crippen molar-refractivity contribution in [2.24, 2.45) is 0 Å². The van der Waals surface area contributed by atoms with Crippen molar-refractivity contribution in [3.63, 3.8) is 0 Å². The number of hydrogen-bond acceptors (Lipinski definition) is 1. The average Bonchev–Trinajstić information content (AvgIpc) is 2.37. The predicted octanol–water partition coefficient (Wildman–Crippen LogP) is 3.97. The number of hydrogen-bond donors (Lipinski definition) is 1. The third-order valence-electron chi connectivity index (χ3n) is 2.82. The molecular weight excluding hydrogens is 210 g/mol. The summed E-state index contributed by atoms with van der Waals surface area (Å²) in [6.45, 7) is 2.09. The van der Waals surface area contributed by atoms with Crippen LogP contribution in [0, 0.1) is 0 Å². The normalized spacial score (nSPS) is 10.4. The third kappa shape index (κ3) is 2.84. The zero-order valence-electron chi connectivity index (χ0n) is 10.1. The molecule has 1 amide bonds. The van der Waals surface area contributed by atoms with Crippen LogP contribution in [-0.4, -0.2) is 5.91 Å². The van der Waals surface area contributed by atoms with Crippen LogP contribution in [0.15, 0.2) is 42.5 Å². The summed E-state index contributed by atoms with van der Waals surface area (Å²) in [6, 6.07) is 14.1. The SMILES string of the molecule is CCCCC(=O)Nc1cccc2ccccc12. The summed E-state index contributed by atoms with van der Waals surface area (Å²) in [4.78, 5) is 11.7. The molecule has 0 aliphatic heterocycles. The Bertz CT molecular complexity index is 514. The first-order valence-corrected chi connectivity index (χ1v) is 6.09. The maximum Gasteiger partial charge on any atom is 0.224 e. The maximum atomic E-state index is 11.7. The van der Waals surface area contributed by atoms with Crippen molar-refractivity contribution in [3.05, 3.63) is 42.5 Å². The molecule has 0 fully saturated rings. The zero-order chi connectivity index (χ0) is 12.1. The van der Waals surface area contributed by atoms with Gasteiger partial charge in [0.05, 0.1) is 0 Å². The molecule has 0 radical (unpaired) electrons. The van der Waals surface area contributed by atoms with Gasteiger partial charge in [-0.25, -0.2) is 0 Å². The second-order valence-electron chi connectivity index (χ2n) is 4.18. The highest BCUT2D eigenvalue weighted by molar-refractivity contribution is 6.02. The van der Waals surface area contributed by atoms with E-state index in [0.717, 1.165) is 29.3 Å². The number of unbranched alkanes of at least 4 members (excludes halogenated alkanes) is 1. The summed E-state index contributed by atoms with van der Waals surface area (Å²) in [5.74, 6) is 0.100. The lowest BCUT2D eigenvalue weighted by Crippen LogP contribution is -2.11. The highest BCUT2D eigenvalue weighted by Crippen LogP contribution is 2.23. The monoisotopic (exact) mass is 227 g/mol. The van der Waals surface area contributed by atoms with E-state index in [4.69, 9.17) is 0 Å². The van der Waals surface area contributed by atoms with E-state index >= 15 is 0 Å². The summed E-state index contributed by atoms with van der Waals surface area (Å²) in [6.07, 6.45) is 2.58. The minimum absolute atomic E-state index is 0.100. The van der Waals surface area contributed by atoms with Crippen molar-refractivity contribution in [1.29, 1.82) is 0 Å². The smallest absolute Gasteiger partial charge is 0.224 e. The number of carbonyl (C=O) groups excluding carboxylic acids is 1. The molecule has 2 nitrogen and oxygen atoms in total. The van der Waals surface area contributed by atoms with E-state index in [1.165, 1.54) is 0 Å². The highest BCUT2D eigenvalue weighted by Gasteiger charge is 2.04. The summed E-state index contributed by atoms with van der Waals surface area (Å²) in [5, 5.41) is 5.23. The molecule has 0 unspecified atom stereocenters. The quantitative estimate of drug-likeness (QED) is 0.841. The van der Waals surface area contributed by atoms with E-state index in [-0.39, 0.29) is 5.91 Å². The van der Waals surface area contributed by atoms with Crippen LogP contribution < -0.4 is 5.32 Å². The highest BCUT2D eigenvalue weighted by atomic mass is 16.1. The first-order chi connectivity index (χ1) is 8.31. The molecule has 1 N–H and O–H groups in total. The van der Waals surface area contributed by atoms with Gasteiger partial charge in [0.1, 0.15) is 0 Å². The van der Waals surface area contributed by atoms with Gasteiger partial charge in [-0.05, 0) is 17.9 Å². The van der Waals surface area contributed by atoms with Crippen LogP contribution in [0.4, 0.5) is 5.69 Å². The Morgan fingerprint density at radius 3 is 2.71 bits per heavy atom. The lowest BCUT2D eigenvalue weighted by molar-refractivity contribution is -0.116. The summed E-state index contributed by atoms with van der Waals surface area (Å²) in [7, 11) is 0. The van der Waals surface area contributed by atoms with Crippen LogP contribution in [0.3, 0.4) is 0 Å². The van der Waals surface area contributed by atoms with Crippen LogP contribution in [0.5, 0.6) is 0 Å². The predicted molar refractivity (Wildman–Crippen MR) is 72.1 cm³/mol. The molecule has 2 heteroatoms. The van der Waals surface area contributed by atoms with E-state index in [9.17, 15) is 4.79 Å². The second kappa shape index (κ2) is 5.48. The number of nitrogens with one attached hydrogen (secondary N) is 1. The van der Waals surface area contributed by atoms with Gasteiger partial charge in [0.25, 0.3) is 0 Å². The number of rotatable bonds is 4. The van der Waals surface area contributed by atoms with Crippen molar-refractivity contribution in [2.75, 3.05) is 5.32 Å². The number of benzene rings is 2. The topological polar surface area (TPSA) is 29.1 Å². The largest absolute Gasteiger partial charge is 0.326 e. The van der Waals surface area contributed by atoms with Gasteiger partial charge in [-0.15, -0.1) is 0 Å². The van der Waals surface area contributed by atoms with Crippen molar-refractivity contribution in [2.45, 2.75) is 26.2 Å². The molecule has 0 saturated heterocycles. The van der Waals surface area contributed by atoms with E-state index in [0.29, 0.717) is 6.42 Å². The Morgan fingerprint density at radius 2 is 1.88 bits per heavy atom. The first-order valence-electron chi connectivity index (χ1n) is 6.09. The molecule has 2 aromatic carbocycles. The lowest BCUT2D eigenvalue weighted by atomic mass is 10.1. The molecule has 0 aromatic heterocycles. The minimum atomic E-state index is 0.100. The molecule has 0 heterocycles. The third-order valence-corrected chi connectivity index (χ3v) is 2.82. The van der Waals surface area contributed by atoms with E-state index in [1.54, 1.807) is 0 Å². The van der Waals surface area contributed by atoms with Gasteiger partial charge in [0.15, 0.2) is 0 Å². The molecule has 0 aliphatic rings. The Hall–Kier alpha value is -1.83. The minimum Gasteiger partial charge on any atom is -0.326 e. The fraction of sp³-hybridized carbons (Fsp3) is 0.267. The van der Waals surface area contributed by atoms with E-state index in [2.05, 4.69) is 24.4 Å². The molecular formula is C15H17NO. The summed E-state index contributed by atoms with van der Waals surface area (Å²) in [5.41, 5.74) is 0.907. The molecule has 88 valence electrons. The molecule has 17 heavy (non-hydrogen) atoms. The number of carbonyl (C=O) groups is 1. The Morgan fingerprint density at radius 1 is 1.12 bits per heavy atom. The van der Waals surface area contributed by atoms with Gasteiger partial charge in [-0.3, -0.25) is 4.79 Å². The van der Waals surface area contributed by atoms with Crippen LogP contribution >= 0.6 is 0 Å². The Labute approximate surface area is 102 Å². The second-order valence-corrected chi connectivity index (χ2v) is 4.18. The fourth-order valence-corrected chi connectivity index (χ4v) is 1.88. The molecule has 2 aromatic rings. The molecule has 0 bridgehead atoms. The van der Waals surface area contributed by atoms with Crippen LogP contribution in [-0.2, 0) is 4.79 Å². The van der Waals surface area contributed by atoms with Gasteiger partial charge in [0.2, 0.25) is 5.91 Å². The number of anilines is 1.